The van der Waals surface area contributed by atoms with E-state index >= 15 is 0 Å². The van der Waals surface area contributed by atoms with Crippen LogP contribution in [0.2, 0.25) is 0 Å². The molecular weight excluding hydrogens is 687 g/mol. The molecule has 5 heterocycles. The maximum absolute atomic E-state index is 6.57. The second-order valence-corrected chi connectivity index (χ2v) is 14.8. The highest BCUT2D eigenvalue weighted by molar-refractivity contribution is 6.21. The number of aliphatic imine (C=N–C) groups is 3. The quantitative estimate of drug-likeness (QED) is 0.190. The molecule has 6 nitrogen and oxygen atoms in total. The van der Waals surface area contributed by atoms with Crippen molar-refractivity contribution in [2.45, 2.75) is 24.8 Å². The molecule has 4 unspecified atom stereocenters. The van der Waals surface area contributed by atoms with Gasteiger partial charge in [0.15, 0.2) is 5.84 Å². The summed E-state index contributed by atoms with van der Waals surface area (Å²) in [6, 6.07) is 61.9. The van der Waals surface area contributed by atoms with Crippen molar-refractivity contribution in [2.24, 2.45) is 20.9 Å². The number of rotatable bonds is 4. The second-order valence-electron chi connectivity index (χ2n) is 14.8. The Morgan fingerprint density at radius 2 is 1.25 bits per heavy atom. The van der Waals surface area contributed by atoms with Crippen LogP contribution in [0.1, 0.15) is 57.3 Å². The standard InChI is InChI=1S/C50H37N5O/c1-4-12-32(13-5-1)36-18-10-19-38(29-36)49-51-45(33-14-6-2-7-15-33)41-28-31-22-24-35(25-23-31)48-53-47(34-16-8-3-9-17-34)54-50(55-48)39-20-11-21-43-44(39)40-30-37(46(41)52-49)26-27-42(40)56-43/h1-27,29-30,41,45,47-48,53H,28H2,(H,54,55). The van der Waals surface area contributed by atoms with Crippen molar-refractivity contribution in [3.8, 4) is 11.1 Å². The maximum Gasteiger partial charge on any atom is 0.155 e. The first-order chi connectivity index (χ1) is 27.7. The zero-order valence-corrected chi connectivity index (χ0v) is 30.5. The van der Waals surface area contributed by atoms with E-state index in [1.54, 1.807) is 0 Å². The van der Waals surface area contributed by atoms with Crippen molar-refractivity contribution in [3.05, 3.63) is 215 Å². The highest BCUT2D eigenvalue weighted by atomic mass is 16.3. The molecule has 0 aliphatic carbocycles. The van der Waals surface area contributed by atoms with E-state index in [1.165, 1.54) is 11.1 Å². The van der Waals surface area contributed by atoms with E-state index in [-0.39, 0.29) is 24.3 Å². The van der Waals surface area contributed by atoms with Crippen LogP contribution in [0.4, 0.5) is 0 Å². The molecule has 0 fully saturated rings. The lowest BCUT2D eigenvalue weighted by Gasteiger charge is -2.32. The predicted octanol–water partition coefficient (Wildman–Crippen LogP) is 10.8. The fourth-order valence-corrected chi connectivity index (χ4v) is 8.61. The second kappa shape index (κ2) is 13.4. The van der Waals surface area contributed by atoms with Crippen LogP contribution in [-0.4, -0.2) is 17.4 Å². The van der Waals surface area contributed by atoms with Gasteiger partial charge in [-0.1, -0.05) is 146 Å². The first kappa shape index (κ1) is 32.5. The molecule has 6 bridgehead atoms. The Hall–Kier alpha value is -6.89. The van der Waals surface area contributed by atoms with Gasteiger partial charge in [-0.3, -0.25) is 10.3 Å². The van der Waals surface area contributed by atoms with Crippen LogP contribution >= 0.6 is 0 Å². The smallest absolute Gasteiger partial charge is 0.155 e. The molecule has 0 amide bonds. The van der Waals surface area contributed by atoms with Gasteiger partial charge in [-0.15, -0.1) is 0 Å². The molecule has 8 aromatic rings. The fourth-order valence-electron chi connectivity index (χ4n) is 8.61. The molecule has 4 aliphatic rings. The normalized spacial score (nSPS) is 20.1. The molecule has 4 aliphatic heterocycles. The van der Waals surface area contributed by atoms with Gasteiger partial charge in [0.1, 0.15) is 29.3 Å². The molecule has 4 atom stereocenters. The first-order valence-electron chi connectivity index (χ1n) is 19.3. The maximum atomic E-state index is 6.57. The molecule has 6 heteroatoms. The Bertz CT molecular complexity index is 2840. The Morgan fingerprint density at radius 1 is 0.536 bits per heavy atom. The Kier molecular flexibility index (Phi) is 7.81. The molecule has 2 N–H and O–H groups in total. The molecule has 12 rings (SSSR count). The first-order valence-corrected chi connectivity index (χ1v) is 19.3. The minimum absolute atomic E-state index is 0.0353. The summed E-state index contributed by atoms with van der Waals surface area (Å²) in [4.78, 5) is 16.4. The van der Waals surface area contributed by atoms with Crippen molar-refractivity contribution in [1.82, 2.24) is 10.6 Å². The summed E-state index contributed by atoms with van der Waals surface area (Å²) in [7, 11) is 0. The highest BCUT2D eigenvalue weighted by Crippen LogP contribution is 2.40. The molecule has 1 aromatic heterocycles. The SMILES string of the molecule is c1ccc(-c2cccc(C3=NC(c4ccccc4)C4Cc5ccc(cc5)C5NC(=NC(c6ccccc6)N5)c5cccc6oc7ccc(cc7c56)C4=N3)c2)cc1. The minimum atomic E-state index is -0.239. The third-order valence-corrected chi connectivity index (χ3v) is 11.4. The predicted molar refractivity (Wildman–Crippen MR) is 226 cm³/mol. The number of nitrogens with one attached hydrogen (secondary N) is 2. The Labute approximate surface area is 325 Å². The molecule has 7 aromatic carbocycles. The zero-order chi connectivity index (χ0) is 37.0. The number of amidine groups is 2. The molecule has 0 saturated carbocycles. The lowest BCUT2D eigenvalue weighted by Crippen LogP contribution is -2.45. The van der Waals surface area contributed by atoms with Gasteiger partial charge in [-0.2, -0.15) is 0 Å². The summed E-state index contributed by atoms with van der Waals surface area (Å²) in [5, 5.41) is 9.62. The van der Waals surface area contributed by atoms with Crippen LogP contribution in [0, 0.1) is 5.92 Å². The summed E-state index contributed by atoms with van der Waals surface area (Å²) >= 11 is 0. The Morgan fingerprint density at radius 3 is 2.05 bits per heavy atom. The van der Waals surface area contributed by atoms with Crippen LogP contribution in [-0.2, 0) is 6.42 Å². The van der Waals surface area contributed by atoms with Gasteiger partial charge >= 0.3 is 0 Å². The zero-order valence-electron chi connectivity index (χ0n) is 30.5. The third-order valence-electron chi connectivity index (χ3n) is 11.4. The number of benzene rings is 7. The summed E-state index contributed by atoms with van der Waals surface area (Å²) in [6.07, 6.45) is 0.356. The van der Waals surface area contributed by atoms with Crippen molar-refractivity contribution in [2.75, 3.05) is 0 Å². The van der Waals surface area contributed by atoms with Crippen LogP contribution in [0.5, 0.6) is 0 Å². The van der Waals surface area contributed by atoms with Gasteiger partial charge in [0.25, 0.3) is 0 Å². The average Bonchev–Trinajstić information content (AvgIpc) is 3.65. The molecule has 56 heavy (non-hydrogen) atoms. The van der Waals surface area contributed by atoms with Crippen molar-refractivity contribution >= 4 is 39.3 Å². The van der Waals surface area contributed by atoms with Crippen molar-refractivity contribution in [3.63, 3.8) is 0 Å². The lowest BCUT2D eigenvalue weighted by molar-refractivity contribution is 0.409. The Balaban J connectivity index is 1.14. The van der Waals surface area contributed by atoms with Crippen molar-refractivity contribution in [1.29, 1.82) is 0 Å². The van der Waals surface area contributed by atoms with E-state index < -0.39 is 0 Å². The molecule has 0 radical (unpaired) electrons. The average molecular weight is 724 g/mol. The molecule has 0 saturated heterocycles. The number of furan rings is 1. The van der Waals surface area contributed by atoms with Crippen LogP contribution in [0.15, 0.2) is 195 Å². The number of nitrogens with zero attached hydrogens (tertiary/aromatic N) is 3. The molecular formula is C50H37N5O. The topological polar surface area (TPSA) is 74.3 Å². The largest absolute Gasteiger partial charge is 0.456 e. The third kappa shape index (κ3) is 5.74. The lowest BCUT2D eigenvalue weighted by atomic mass is 9.80. The van der Waals surface area contributed by atoms with Crippen molar-refractivity contribution < 1.29 is 4.42 Å². The van der Waals surface area contributed by atoms with E-state index in [2.05, 4.69) is 180 Å². The van der Waals surface area contributed by atoms with Crippen LogP contribution in [0.25, 0.3) is 33.1 Å². The summed E-state index contributed by atoms with van der Waals surface area (Å²) < 4.78 is 6.57. The van der Waals surface area contributed by atoms with Gasteiger partial charge in [0.2, 0.25) is 0 Å². The number of fused-ring (bicyclic) bond motifs is 2. The van der Waals surface area contributed by atoms with Crippen LogP contribution in [0.3, 0.4) is 0 Å². The molecule has 0 spiro atoms. The number of hydrogen-bond acceptors (Lipinski definition) is 6. The van der Waals surface area contributed by atoms with E-state index in [0.717, 1.165) is 84.7 Å². The van der Waals surface area contributed by atoms with Gasteiger partial charge < -0.3 is 9.73 Å². The minimum Gasteiger partial charge on any atom is -0.456 e. The van der Waals surface area contributed by atoms with Gasteiger partial charge in [0, 0.05) is 27.8 Å². The van der Waals surface area contributed by atoms with E-state index in [1.807, 2.05) is 6.07 Å². The number of hydrogen-bond donors (Lipinski definition) is 2. The van der Waals surface area contributed by atoms with Gasteiger partial charge in [0.05, 0.1) is 11.8 Å². The van der Waals surface area contributed by atoms with Gasteiger partial charge in [-0.05, 0) is 75.7 Å². The van der Waals surface area contributed by atoms with E-state index in [4.69, 9.17) is 19.4 Å². The molecule has 268 valence electrons. The van der Waals surface area contributed by atoms with E-state index in [9.17, 15) is 0 Å². The van der Waals surface area contributed by atoms with Gasteiger partial charge in [-0.25, -0.2) is 9.98 Å². The van der Waals surface area contributed by atoms with Crippen LogP contribution < -0.4 is 10.6 Å². The summed E-state index contributed by atoms with van der Waals surface area (Å²) in [6.45, 7) is 0. The summed E-state index contributed by atoms with van der Waals surface area (Å²) in [5.74, 6) is 1.52. The van der Waals surface area contributed by atoms with E-state index in [0.29, 0.717) is 0 Å². The monoisotopic (exact) mass is 723 g/mol. The summed E-state index contributed by atoms with van der Waals surface area (Å²) in [5.41, 5.74) is 12.7. The highest BCUT2D eigenvalue weighted by Gasteiger charge is 2.34. The fraction of sp³-hybridized carbons (Fsp3) is 0.100.